The van der Waals surface area contributed by atoms with Crippen molar-refractivity contribution >= 4 is 62.4 Å². The van der Waals surface area contributed by atoms with Crippen LogP contribution in [0.15, 0.2) is 39.7 Å². The first-order valence-electron chi connectivity index (χ1n) is 8.30. The van der Waals surface area contributed by atoms with Crippen LogP contribution in [-0.4, -0.2) is 26.2 Å². The highest BCUT2D eigenvalue weighted by molar-refractivity contribution is 9.10. The van der Waals surface area contributed by atoms with E-state index in [9.17, 15) is 22.2 Å². The highest BCUT2D eigenvalue weighted by Gasteiger charge is 2.45. The molecule has 0 saturated heterocycles. The monoisotopic (exact) mass is 555 g/mol. The van der Waals surface area contributed by atoms with Crippen LogP contribution >= 0.6 is 35.6 Å². The smallest absolute Gasteiger partial charge is 0.349 e. The normalized spacial score (nSPS) is 13.0. The topological polar surface area (TPSA) is 110 Å². The van der Waals surface area contributed by atoms with Crippen molar-refractivity contribution in [2.45, 2.75) is 17.2 Å². The lowest BCUT2D eigenvalue weighted by molar-refractivity contribution is 0.0766. The maximum absolute atomic E-state index is 14.3. The second kappa shape index (κ2) is 9.13. The van der Waals surface area contributed by atoms with E-state index in [2.05, 4.69) is 15.9 Å². The van der Waals surface area contributed by atoms with Gasteiger partial charge >= 0.3 is 5.66 Å². The van der Waals surface area contributed by atoms with E-state index >= 15 is 0 Å². The number of halogens is 4. The molecular weight excluding hydrogens is 542 g/mol. The summed E-state index contributed by atoms with van der Waals surface area (Å²) in [6.07, 6.45) is 1.41. The fourth-order valence-corrected chi connectivity index (χ4v) is 5.96. The Bertz CT molecular complexity index is 1200. The third-order valence-electron chi connectivity index (χ3n) is 4.24. The standard InChI is InChI=1S/C18H14BrF3NO5PS2/c1-31(27)10-3-2-8(12(20)6-10)7-28-13-5-9(17(23)24)4-11-14(19)16(30-15(11)13)18(21,22)29(25)26/h2-6,25-26H,7H2,1H3,(H2,23,24). The van der Waals surface area contributed by atoms with Crippen LogP contribution in [0.5, 0.6) is 5.75 Å². The lowest BCUT2D eigenvalue weighted by Gasteiger charge is -2.15. The van der Waals surface area contributed by atoms with Crippen molar-refractivity contribution in [3.05, 3.63) is 56.6 Å². The van der Waals surface area contributed by atoms with Crippen LogP contribution in [-0.2, 0) is 23.1 Å². The van der Waals surface area contributed by atoms with Crippen LogP contribution in [0.3, 0.4) is 0 Å². The summed E-state index contributed by atoms with van der Waals surface area (Å²) in [6.45, 7) is -0.312. The summed E-state index contributed by atoms with van der Waals surface area (Å²) in [7, 11) is -4.99. The van der Waals surface area contributed by atoms with E-state index in [-0.39, 0.29) is 42.9 Å². The lowest BCUT2D eigenvalue weighted by atomic mass is 10.1. The van der Waals surface area contributed by atoms with E-state index in [0.29, 0.717) is 11.3 Å². The average molecular weight is 556 g/mol. The fraction of sp³-hybridized carbons (Fsp3) is 0.167. The Morgan fingerprint density at radius 1 is 1.32 bits per heavy atom. The van der Waals surface area contributed by atoms with Crippen molar-refractivity contribution in [1.82, 2.24) is 0 Å². The van der Waals surface area contributed by atoms with Crippen LogP contribution in [0.2, 0.25) is 0 Å². The van der Waals surface area contributed by atoms with Crippen molar-refractivity contribution in [1.29, 1.82) is 0 Å². The quantitative estimate of drug-likeness (QED) is 0.370. The molecule has 4 N–H and O–H groups in total. The Kier molecular flexibility index (Phi) is 7.09. The minimum absolute atomic E-state index is 0.0122. The maximum Gasteiger partial charge on any atom is 0.349 e. The number of primary amides is 1. The lowest BCUT2D eigenvalue weighted by Crippen LogP contribution is -2.11. The number of alkyl halides is 2. The number of hydrogen-bond donors (Lipinski definition) is 3. The largest absolute Gasteiger partial charge is 0.487 e. The predicted molar refractivity (Wildman–Crippen MR) is 116 cm³/mol. The second-order valence-corrected chi connectivity index (χ2v) is 10.6. The summed E-state index contributed by atoms with van der Waals surface area (Å²) in [5.74, 6) is -1.52. The molecule has 31 heavy (non-hydrogen) atoms. The van der Waals surface area contributed by atoms with E-state index in [0.717, 1.165) is 6.07 Å². The van der Waals surface area contributed by atoms with Gasteiger partial charge in [-0.15, -0.1) is 11.3 Å². The average Bonchev–Trinajstić information content (AvgIpc) is 3.04. The van der Waals surface area contributed by atoms with E-state index in [1.807, 2.05) is 0 Å². The number of hydrogen-bond acceptors (Lipinski definition) is 6. The molecule has 3 aromatic rings. The van der Waals surface area contributed by atoms with Crippen molar-refractivity contribution in [3.63, 3.8) is 0 Å². The predicted octanol–water partition coefficient (Wildman–Crippen LogP) is 4.56. The summed E-state index contributed by atoms with van der Waals surface area (Å²) >= 11 is 3.56. The first kappa shape index (κ1) is 24.1. The highest BCUT2D eigenvalue weighted by atomic mass is 79.9. The molecule has 2 aromatic carbocycles. The van der Waals surface area contributed by atoms with Crippen LogP contribution in [0.4, 0.5) is 13.2 Å². The first-order chi connectivity index (χ1) is 14.4. The number of benzene rings is 2. The third-order valence-corrected chi connectivity index (χ3v) is 8.41. The molecule has 3 rings (SSSR count). The molecule has 1 heterocycles. The van der Waals surface area contributed by atoms with Gasteiger partial charge in [-0.2, -0.15) is 8.78 Å². The molecule has 0 spiro atoms. The van der Waals surface area contributed by atoms with Gasteiger partial charge in [0.25, 0.3) is 0 Å². The number of ether oxygens (including phenoxy) is 1. The second-order valence-electron chi connectivity index (χ2n) is 6.29. The molecule has 0 aliphatic rings. The number of rotatable bonds is 7. The summed E-state index contributed by atoms with van der Waals surface area (Å²) in [6, 6.07) is 6.47. The number of carbonyl (C=O) groups excluding carboxylic acids is 1. The first-order valence-corrected chi connectivity index (χ1v) is 12.7. The van der Waals surface area contributed by atoms with Crippen LogP contribution in [0, 0.1) is 5.82 Å². The van der Waals surface area contributed by atoms with Gasteiger partial charge in [-0.1, -0.05) is 6.07 Å². The van der Waals surface area contributed by atoms with Crippen molar-refractivity contribution in [3.8, 4) is 5.75 Å². The molecule has 1 unspecified atom stereocenters. The SMILES string of the molecule is CS(=O)c1ccc(COc2cc(C(N)=O)cc3c(Br)c(C(F)(F)P(O)O)sc23)c(F)c1. The van der Waals surface area contributed by atoms with Crippen LogP contribution < -0.4 is 10.5 Å². The molecule has 0 aliphatic carbocycles. The maximum atomic E-state index is 14.3. The van der Waals surface area contributed by atoms with Crippen molar-refractivity contribution in [2.75, 3.05) is 6.26 Å². The van der Waals surface area contributed by atoms with Crippen LogP contribution in [0.1, 0.15) is 20.8 Å². The number of carbonyl (C=O) groups is 1. The minimum Gasteiger partial charge on any atom is -0.487 e. The van der Waals surface area contributed by atoms with Crippen LogP contribution in [0.25, 0.3) is 10.1 Å². The minimum atomic E-state index is -3.93. The number of amides is 1. The van der Waals surface area contributed by atoms with E-state index < -0.39 is 41.4 Å². The van der Waals surface area contributed by atoms with Gasteiger partial charge in [0, 0.05) is 42.9 Å². The van der Waals surface area contributed by atoms with Gasteiger partial charge in [0.1, 0.15) is 18.2 Å². The molecular formula is C18H14BrF3NO5PS2. The zero-order valence-corrected chi connectivity index (χ0v) is 19.7. The Labute approximate surface area is 190 Å². The van der Waals surface area contributed by atoms with Crippen molar-refractivity contribution < 1.29 is 36.7 Å². The molecule has 0 bridgehead atoms. The van der Waals surface area contributed by atoms with E-state index in [1.165, 1.54) is 30.5 Å². The summed E-state index contributed by atoms with van der Waals surface area (Å²) in [5.41, 5.74) is 1.46. The number of fused-ring (bicyclic) bond motifs is 1. The number of thiophene rings is 1. The van der Waals surface area contributed by atoms with Gasteiger partial charge in [0.15, 0.2) is 0 Å². The molecule has 13 heteroatoms. The Morgan fingerprint density at radius 2 is 2.00 bits per heavy atom. The highest BCUT2D eigenvalue weighted by Crippen LogP contribution is 2.58. The molecule has 1 atom stereocenters. The molecule has 0 aliphatic heterocycles. The van der Waals surface area contributed by atoms with Gasteiger partial charge in [0.2, 0.25) is 14.3 Å². The zero-order chi connectivity index (χ0) is 23.1. The van der Waals surface area contributed by atoms with E-state index in [4.69, 9.17) is 20.3 Å². The van der Waals surface area contributed by atoms with Gasteiger partial charge in [-0.3, -0.25) is 9.00 Å². The molecule has 0 fully saturated rings. The van der Waals surface area contributed by atoms with Gasteiger partial charge < -0.3 is 20.3 Å². The van der Waals surface area contributed by atoms with Gasteiger partial charge in [-0.25, -0.2) is 4.39 Å². The Balaban J connectivity index is 2.07. The molecule has 0 saturated carbocycles. The molecule has 6 nitrogen and oxygen atoms in total. The zero-order valence-electron chi connectivity index (χ0n) is 15.6. The number of nitrogens with two attached hydrogens (primary N) is 1. The molecule has 0 radical (unpaired) electrons. The summed E-state index contributed by atoms with van der Waals surface area (Å²) < 4.78 is 60.0. The molecule has 166 valence electrons. The third kappa shape index (κ3) is 4.79. The van der Waals surface area contributed by atoms with Gasteiger partial charge in [-0.05, 0) is 40.2 Å². The van der Waals surface area contributed by atoms with E-state index in [1.54, 1.807) is 0 Å². The van der Waals surface area contributed by atoms with Crippen molar-refractivity contribution in [2.24, 2.45) is 5.73 Å². The molecule has 1 amide bonds. The Morgan fingerprint density at radius 3 is 2.55 bits per heavy atom. The Hall–Kier alpha value is -1.56. The fourth-order valence-electron chi connectivity index (χ4n) is 2.65. The molecule has 1 aromatic heterocycles. The van der Waals surface area contributed by atoms with Gasteiger partial charge in [0.05, 0.1) is 9.58 Å². The summed E-state index contributed by atoms with van der Waals surface area (Å²) in [4.78, 5) is 29.6. The summed E-state index contributed by atoms with van der Waals surface area (Å²) in [5, 5.41) is 0.153.